The summed E-state index contributed by atoms with van der Waals surface area (Å²) in [4.78, 5) is 25.2. The van der Waals surface area contributed by atoms with Gasteiger partial charge in [-0.2, -0.15) is 0 Å². The maximum Gasteiger partial charge on any atom is 0.148 e. The van der Waals surface area contributed by atoms with Crippen LogP contribution >= 0.6 is 23.2 Å². The van der Waals surface area contributed by atoms with Crippen molar-refractivity contribution >= 4 is 34.8 Å². The van der Waals surface area contributed by atoms with Gasteiger partial charge in [-0.05, 0) is 36.8 Å². The molecule has 1 aliphatic heterocycles. The summed E-state index contributed by atoms with van der Waals surface area (Å²) in [6, 6.07) is 5.07. The highest BCUT2D eigenvalue weighted by molar-refractivity contribution is 6.37. The van der Waals surface area contributed by atoms with Gasteiger partial charge in [-0.3, -0.25) is 9.59 Å². The fraction of sp³-hybridized carbons (Fsp3) is 0.529. The molecule has 1 aromatic rings. The third kappa shape index (κ3) is 3.08. The van der Waals surface area contributed by atoms with E-state index >= 15 is 0 Å². The molecule has 0 spiro atoms. The Bertz CT molecular complexity index is 555. The molecule has 5 heteroatoms. The summed E-state index contributed by atoms with van der Waals surface area (Å²) >= 11 is 12.3. The van der Waals surface area contributed by atoms with Crippen LogP contribution in [0, 0.1) is 11.8 Å². The summed E-state index contributed by atoms with van der Waals surface area (Å²) < 4.78 is 5.36. The van der Waals surface area contributed by atoms with Crippen LogP contribution in [0.15, 0.2) is 18.2 Å². The normalized spacial score (nSPS) is 27.2. The van der Waals surface area contributed by atoms with Crippen LogP contribution in [0.25, 0.3) is 0 Å². The van der Waals surface area contributed by atoms with Gasteiger partial charge in [0.1, 0.15) is 17.5 Å². The number of carbonyl (C=O) groups excluding carboxylic acids is 2. The first-order valence-electron chi connectivity index (χ1n) is 7.65. The number of ketones is 2. The first-order valence-corrected chi connectivity index (χ1v) is 8.40. The van der Waals surface area contributed by atoms with Crippen LogP contribution in [0.2, 0.25) is 10.0 Å². The number of ether oxygens (including phenoxy) is 1. The standard InChI is InChI=1S/C17H18Cl2O3/c18-12-2-1-3-13(19)16(12)17-14(20)8-11(9-15(17)21)10-4-6-22-7-5-10/h1-3,10-11,17H,4-9H2. The molecule has 2 aliphatic rings. The van der Waals surface area contributed by atoms with E-state index in [0.29, 0.717) is 34.4 Å². The lowest BCUT2D eigenvalue weighted by molar-refractivity contribution is -0.135. The molecule has 0 atom stereocenters. The van der Waals surface area contributed by atoms with Crippen molar-refractivity contribution in [2.75, 3.05) is 13.2 Å². The highest BCUT2D eigenvalue weighted by atomic mass is 35.5. The molecule has 0 N–H and O–H groups in total. The quantitative estimate of drug-likeness (QED) is 0.762. The van der Waals surface area contributed by atoms with E-state index in [2.05, 4.69) is 0 Å². The van der Waals surface area contributed by atoms with Gasteiger partial charge < -0.3 is 4.74 Å². The van der Waals surface area contributed by atoms with Crippen LogP contribution in [0.3, 0.4) is 0 Å². The monoisotopic (exact) mass is 340 g/mol. The molecule has 0 aromatic heterocycles. The SMILES string of the molecule is O=C1CC(C2CCOCC2)CC(=O)C1c1c(Cl)cccc1Cl. The average Bonchev–Trinajstić information content (AvgIpc) is 2.50. The molecule has 22 heavy (non-hydrogen) atoms. The number of halogens is 2. The molecule has 118 valence electrons. The minimum atomic E-state index is -0.794. The highest BCUT2D eigenvalue weighted by Gasteiger charge is 2.41. The van der Waals surface area contributed by atoms with Gasteiger partial charge in [-0.15, -0.1) is 0 Å². The van der Waals surface area contributed by atoms with Crippen LogP contribution in [-0.2, 0) is 14.3 Å². The second-order valence-corrected chi connectivity index (χ2v) is 6.93. The smallest absolute Gasteiger partial charge is 0.148 e. The van der Waals surface area contributed by atoms with E-state index in [4.69, 9.17) is 27.9 Å². The van der Waals surface area contributed by atoms with Crippen molar-refractivity contribution in [2.24, 2.45) is 11.8 Å². The van der Waals surface area contributed by atoms with Gasteiger partial charge in [0.2, 0.25) is 0 Å². The fourth-order valence-corrected chi connectivity index (χ4v) is 4.25. The molecule has 1 aliphatic carbocycles. The first-order chi connectivity index (χ1) is 10.6. The lowest BCUT2D eigenvalue weighted by atomic mass is 9.70. The van der Waals surface area contributed by atoms with Crippen molar-refractivity contribution in [2.45, 2.75) is 31.6 Å². The number of hydrogen-bond acceptors (Lipinski definition) is 3. The average molecular weight is 341 g/mol. The Kier molecular flexibility index (Phi) is 4.86. The van der Waals surface area contributed by atoms with Crippen molar-refractivity contribution < 1.29 is 14.3 Å². The summed E-state index contributed by atoms with van der Waals surface area (Å²) in [7, 11) is 0. The van der Waals surface area contributed by atoms with Crippen LogP contribution in [0.1, 0.15) is 37.2 Å². The van der Waals surface area contributed by atoms with E-state index in [1.807, 2.05) is 0 Å². The Morgan fingerprint density at radius 1 is 0.909 bits per heavy atom. The second kappa shape index (κ2) is 6.69. The van der Waals surface area contributed by atoms with Gasteiger partial charge in [0, 0.05) is 41.7 Å². The molecule has 0 radical (unpaired) electrons. The van der Waals surface area contributed by atoms with Crippen molar-refractivity contribution in [3.05, 3.63) is 33.8 Å². The maximum atomic E-state index is 12.6. The van der Waals surface area contributed by atoms with E-state index in [0.717, 1.165) is 26.1 Å². The Morgan fingerprint density at radius 3 is 2.00 bits per heavy atom. The molecular weight excluding hydrogens is 323 g/mol. The molecule has 1 saturated carbocycles. The van der Waals surface area contributed by atoms with Gasteiger partial charge in [0.25, 0.3) is 0 Å². The fourth-order valence-electron chi connectivity index (χ4n) is 3.63. The van der Waals surface area contributed by atoms with Gasteiger partial charge in [0.15, 0.2) is 0 Å². The summed E-state index contributed by atoms with van der Waals surface area (Å²) in [5.74, 6) is -0.353. The molecule has 1 heterocycles. The molecule has 3 nitrogen and oxygen atoms in total. The second-order valence-electron chi connectivity index (χ2n) is 6.12. The molecule has 1 saturated heterocycles. The number of Topliss-reactive ketones (excluding diaryl/α,β-unsaturated/α-hetero) is 2. The van der Waals surface area contributed by atoms with Crippen LogP contribution in [0.4, 0.5) is 0 Å². The topological polar surface area (TPSA) is 43.4 Å². The van der Waals surface area contributed by atoms with E-state index in [-0.39, 0.29) is 17.5 Å². The van der Waals surface area contributed by atoms with E-state index in [1.165, 1.54) is 0 Å². The zero-order chi connectivity index (χ0) is 15.7. The number of carbonyl (C=O) groups is 2. The Balaban J connectivity index is 1.82. The highest BCUT2D eigenvalue weighted by Crippen LogP contribution is 2.41. The molecule has 0 bridgehead atoms. The van der Waals surface area contributed by atoms with E-state index in [1.54, 1.807) is 18.2 Å². The predicted octanol–water partition coefficient (Wildman–Crippen LogP) is 4.05. The predicted molar refractivity (Wildman–Crippen MR) is 85.5 cm³/mol. The summed E-state index contributed by atoms with van der Waals surface area (Å²) in [6.07, 6.45) is 2.73. The molecule has 0 unspecified atom stereocenters. The summed E-state index contributed by atoms with van der Waals surface area (Å²) in [5, 5.41) is 0.785. The Labute approximate surface area is 139 Å². The van der Waals surface area contributed by atoms with Crippen LogP contribution in [-0.4, -0.2) is 24.8 Å². The Hall–Kier alpha value is -0.900. The van der Waals surface area contributed by atoms with Crippen molar-refractivity contribution in [3.8, 4) is 0 Å². The maximum absolute atomic E-state index is 12.6. The lowest BCUT2D eigenvalue weighted by Gasteiger charge is -2.34. The Morgan fingerprint density at radius 2 is 1.45 bits per heavy atom. The van der Waals surface area contributed by atoms with Crippen molar-refractivity contribution in [1.82, 2.24) is 0 Å². The van der Waals surface area contributed by atoms with Crippen LogP contribution in [0.5, 0.6) is 0 Å². The third-order valence-corrected chi connectivity index (χ3v) is 5.45. The number of benzene rings is 1. The number of rotatable bonds is 2. The first kappa shape index (κ1) is 16.0. The molecule has 1 aromatic carbocycles. The van der Waals surface area contributed by atoms with Gasteiger partial charge in [0.05, 0.1) is 0 Å². The minimum Gasteiger partial charge on any atom is -0.381 e. The van der Waals surface area contributed by atoms with Gasteiger partial charge in [-0.1, -0.05) is 29.3 Å². The van der Waals surface area contributed by atoms with Gasteiger partial charge in [-0.25, -0.2) is 0 Å². The van der Waals surface area contributed by atoms with E-state index in [9.17, 15) is 9.59 Å². The number of hydrogen-bond donors (Lipinski definition) is 0. The van der Waals surface area contributed by atoms with Crippen LogP contribution < -0.4 is 0 Å². The summed E-state index contributed by atoms with van der Waals surface area (Å²) in [5.41, 5.74) is 0.478. The lowest BCUT2D eigenvalue weighted by Crippen LogP contribution is -2.36. The van der Waals surface area contributed by atoms with Crippen molar-refractivity contribution in [1.29, 1.82) is 0 Å². The van der Waals surface area contributed by atoms with E-state index < -0.39 is 5.92 Å². The molecular formula is C17H18Cl2O3. The van der Waals surface area contributed by atoms with Crippen molar-refractivity contribution in [3.63, 3.8) is 0 Å². The molecule has 0 amide bonds. The van der Waals surface area contributed by atoms with Gasteiger partial charge >= 0.3 is 0 Å². The molecule has 3 rings (SSSR count). The summed E-state index contributed by atoms with van der Waals surface area (Å²) in [6.45, 7) is 1.45. The third-order valence-electron chi connectivity index (χ3n) is 4.79. The zero-order valence-electron chi connectivity index (χ0n) is 12.2. The zero-order valence-corrected chi connectivity index (χ0v) is 13.7. The largest absolute Gasteiger partial charge is 0.381 e. The minimum absolute atomic E-state index is 0.0530. The molecule has 2 fully saturated rings.